The van der Waals surface area contributed by atoms with Crippen LogP contribution in [0.2, 0.25) is 0 Å². The lowest BCUT2D eigenvalue weighted by Gasteiger charge is -2.06. The molecule has 17 heavy (non-hydrogen) atoms. The monoisotopic (exact) mass is 232 g/mol. The maximum absolute atomic E-state index is 5.29. The van der Waals surface area contributed by atoms with E-state index in [9.17, 15) is 0 Å². The molecular weight excluding hydrogens is 216 g/mol. The zero-order valence-corrected chi connectivity index (χ0v) is 9.72. The van der Waals surface area contributed by atoms with E-state index in [1.165, 1.54) is 5.56 Å². The molecule has 2 rings (SSSR count). The topological polar surface area (TPSA) is 80.8 Å². The van der Waals surface area contributed by atoms with Crippen LogP contribution in [-0.2, 0) is 13.5 Å². The number of nitrogens with one attached hydrogen (secondary N) is 2. The number of nitrogens with two attached hydrogens (primary N) is 1. The Morgan fingerprint density at radius 3 is 3.06 bits per heavy atom. The van der Waals surface area contributed by atoms with E-state index in [-0.39, 0.29) is 0 Å². The number of hydrogen-bond acceptors (Lipinski definition) is 5. The lowest BCUT2D eigenvalue weighted by molar-refractivity contribution is 0.767. The molecule has 90 valence electrons. The zero-order valence-electron chi connectivity index (χ0n) is 9.72. The Balaban J connectivity index is 1.85. The Kier molecular flexibility index (Phi) is 3.56. The minimum absolute atomic E-state index is 0.649. The third kappa shape index (κ3) is 3.18. The van der Waals surface area contributed by atoms with Gasteiger partial charge in [0.05, 0.1) is 6.20 Å². The lowest BCUT2D eigenvalue weighted by atomic mass is 10.2. The predicted octanol–water partition coefficient (Wildman–Crippen LogP) is 0.755. The molecule has 2 heterocycles. The van der Waals surface area contributed by atoms with Crippen LogP contribution in [0, 0.1) is 0 Å². The molecule has 0 radical (unpaired) electrons. The SMILES string of the molecule is Cn1cc(CCNc2ccnc(NN)c2)cn1. The molecule has 0 aliphatic heterocycles. The maximum atomic E-state index is 5.29. The van der Waals surface area contributed by atoms with Gasteiger partial charge in [0, 0.05) is 37.7 Å². The second-order valence-electron chi connectivity index (χ2n) is 3.77. The van der Waals surface area contributed by atoms with Crippen molar-refractivity contribution in [3.63, 3.8) is 0 Å². The summed E-state index contributed by atoms with van der Waals surface area (Å²) in [5, 5.41) is 7.43. The molecule has 0 aromatic carbocycles. The molecule has 6 heteroatoms. The Bertz CT molecular complexity index is 478. The van der Waals surface area contributed by atoms with Crippen molar-refractivity contribution in [2.24, 2.45) is 12.9 Å². The summed E-state index contributed by atoms with van der Waals surface area (Å²) in [4.78, 5) is 4.04. The fourth-order valence-corrected chi connectivity index (χ4v) is 1.57. The second-order valence-corrected chi connectivity index (χ2v) is 3.77. The molecule has 0 bridgehead atoms. The normalized spacial score (nSPS) is 10.2. The molecule has 0 amide bonds. The summed E-state index contributed by atoms with van der Waals surface area (Å²) >= 11 is 0. The summed E-state index contributed by atoms with van der Waals surface area (Å²) in [6, 6.07) is 3.77. The number of hydrazine groups is 1. The highest BCUT2D eigenvalue weighted by atomic mass is 15.2. The maximum Gasteiger partial charge on any atom is 0.141 e. The largest absolute Gasteiger partial charge is 0.385 e. The molecule has 0 unspecified atom stereocenters. The van der Waals surface area contributed by atoms with Gasteiger partial charge in [-0.05, 0) is 18.1 Å². The Hall–Kier alpha value is -2.08. The number of pyridine rings is 1. The van der Waals surface area contributed by atoms with E-state index < -0.39 is 0 Å². The van der Waals surface area contributed by atoms with Crippen molar-refractivity contribution in [1.82, 2.24) is 14.8 Å². The van der Waals surface area contributed by atoms with Crippen molar-refractivity contribution in [1.29, 1.82) is 0 Å². The van der Waals surface area contributed by atoms with E-state index in [1.54, 1.807) is 10.9 Å². The molecule has 0 aliphatic carbocycles. The zero-order chi connectivity index (χ0) is 12.1. The number of rotatable bonds is 5. The van der Waals surface area contributed by atoms with Gasteiger partial charge in [-0.25, -0.2) is 10.8 Å². The third-order valence-corrected chi connectivity index (χ3v) is 2.41. The molecule has 0 fully saturated rings. The van der Waals surface area contributed by atoms with Crippen molar-refractivity contribution >= 4 is 11.5 Å². The highest BCUT2D eigenvalue weighted by Gasteiger charge is 1.97. The van der Waals surface area contributed by atoms with E-state index in [0.29, 0.717) is 5.82 Å². The first-order valence-electron chi connectivity index (χ1n) is 5.42. The van der Waals surface area contributed by atoms with E-state index in [1.807, 2.05) is 31.6 Å². The number of anilines is 2. The standard InChI is InChI=1S/C11H16N6/c1-17-8-9(7-15-17)2-4-13-10-3-5-14-11(6-10)16-12/h3,5-8H,2,4,12H2,1H3,(H2,13,14,16). The highest BCUT2D eigenvalue weighted by molar-refractivity contribution is 5.51. The highest BCUT2D eigenvalue weighted by Crippen LogP contribution is 2.10. The van der Waals surface area contributed by atoms with E-state index in [0.717, 1.165) is 18.7 Å². The number of nitrogen functional groups attached to an aromatic ring is 1. The van der Waals surface area contributed by atoms with Crippen LogP contribution < -0.4 is 16.6 Å². The molecule has 0 atom stereocenters. The van der Waals surface area contributed by atoms with Gasteiger partial charge in [0.1, 0.15) is 5.82 Å². The van der Waals surface area contributed by atoms with Crippen molar-refractivity contribution < 1.29 is 0 Å². The van der Waals surface area contributed by atoms with Gasteiger partial charge in [0.2, 0.25) is 0 Å². The van der Waals surface area contributed by atoms with Crippen molar-refractivity contribution in [3.8, 4) is 0 Å². The molecule has 4 N–H and O–H groups in total. The Labute approximate surface area is 99.8 Å². The number of aromatic nitrogens is 3. The molecule has 0 spiro atoms. The van der Waals surface area contributed by atoms with Crippen LogP contribution >= 0.6 is 0 Å². The van der Waals surface area contributed by atoms with Crippen molar-refractivity contribution in [2.45, 2.75) is 6.42 Å². The summed E-state index contributed by atoms with van der Waals surface area (Å²) in [6.45, 7) is 0.847. The molecule has 2 aromatic heterocycles. The fraction of sp³-hybridized carbons (Fsp3) is 0.273. The van der Waals surface area contributed by atoms with Gasteiger partial charge in [-0.15, -0.1) is 0 Å². The molecule has 0 aliphatic rings. The van der Waals surface area contributed by atoms with Gasteiger partial charge in [0.25, 0.3) is 0 Å². The summed E-state index contributed by atoms with van der Waals surface area (Å²) in [7, 11) is 1.92. The van der Waals surface area contributed by atoms with E-state index >= 15 is 0 Å². The minimum atomic E-state index is 0.649. The summed E-state index contributed by atoms with van der Waals surface area (Å²) in [5.74, 6) is 5.94. The first-order chi connectivity index (χ1) is 8.28. The first kappa shape index (κ1) is 11.4. The van der Waals surface area contributed by atoms with Crippen molar-refractivity contribution in [3.05, 3.63) is 36.3 Å². The summed E-state index contributed by atoms with van der Waals surface area (Å²) in [6.07, 6.45) is 6.53. The average Bonchev–Trinajstić information content (AvgIpc) is 2.75. The quantitative estimate of drug-likeness (QED) is 0.523. The lowest BCUT2D eigenvalue weighted by Crippen LogP contribution is -2.09. The smallest absolute Gasteiger partial charge is 0.141 e. The van der Waals surface area contributed by atoms with Crippen LogP contribution in [0.5, 0.6) is 0 Å². The average molecular weight is 232 g/mol. The third-order valence-electron chi connectivity index (χ3n) is 2.41. The van der Waals surface area contributed by atoms with Gasteiger partial charge in [0.15, 0.2) is 0 Å². The van der Waals surface area contributed by atoms with Crippen LogP contribution in [0.15, 0.2) is 30.7 Å². The molecule has 0 saturated carbocycles. The van der Waals surface area contributed by atoms with Crippen LogP contribution in [-0.4, -0.2) is 21.3 Å². The molecular formula is C11H16N6. The first-order valence-corrected chi connectivity index (χ1v) is 5.42. The minimum Gasteiger partial charge on any atom is -0.385 e. The van der Waals surface area contributed by atoms with Gasteiger partial charge in [-0.3, -0.25) is 4.68 Å². The van der Waals surface area contributed by atoms with Crippen LogP contribution in [0.1, 0.15) is 5.56 Å². The van der Waals surface area contributed by atoms with Gasteiger partial charge in [-0.2, -0.15) is 5.10 Å². The van der Waals surface area contributed by atoms with Crippen LogP contribution in [0.4, 0.5) is 11.5 Å². The van der Waals surface area contributed by atoms with E-state index in [4.69, 9.17) is 5.84 Å². The number of hydrogen-bond donors (Lipinski definition) is 3. The van der Waals surface area contributed by atoms with Crippen molar-refractivity contribution in [2.75, 3.05) is 17.3 Å². The summed E-state index contributed by atoms with van der Waals surface area (Å²) in [5.41, 5.74) is 4.73. The Morgan fingerprint density at radius 2 is 2.35 bits per heavy atom. The van der Waals surface area contributed by atoms with Gasteiger partial charge in [-0.1, -0.05) is 0 Å². The van der Waals surface area contributed by atoms with Crippen LogP contribution in [0.25, 0.3) is 0 Å². The van der Waals surface area contributed by atoms with Gasteiger partial charge < -0.3 is 10.7 Å². The van der Waals surface area contributed by atoms with Crippen LogP contribution in [0.3, 0.4) is 0 Å². The Morgan fingerprint density at radius 1 is 1.47 bits per heavy atom. The molecule has 2 aromatic rings. The second kappa shape index (κ2) is 5.31. The summed E-state index contributed by atoms with van der Waals surface area (Å²) < 4.78 is 1.80. The number of aryl methyl sites for hydroxylation is 1. The molecule has 0 saturated heterocycles. The number of nitrogens with zero attached hydrogens (tertiary/aromatic N) is 3. The van der Waals surface area contributed by atoms with Gasteiger partial charge >= 0.3 is 0 Å². The molecule has 6 nitrogen and oxygen atoms in total. The predicted molar refractivity (Wildman–Crippen MR) is 67.4 cm³/mol. The fourth-order valence-electron chi connectivity index (χ4n) is 1.57. The van der Waals surface area contributed by atoms with E-state index in [2.05, 4.69) is 20.8 Å².